The number of hydrogen-bond donors (Lipinski definition) is 2. The molecule has 1 heterocycles. The Morgan fingerprint density at radius 1 is 1.12 bits per heavy atom. The summed E-state index contributed by atoms with van der Waals surface area (Å²) in [4.78, 5) is 27.9. The maximum atomic E-state index is 12.4. The van der Waals surface area contributed by atoms with Crippen molar-refractivity contribution in [2.24, 2.45) is 0 Å². The minimum Gasteiger partial charge on any atom is -0.496 e. The van der Waals surface area contributed by atoms with Crippen molar-refractivity contribution in [1.82, 2.24) is 4.98 Å². The lowest BCUT2D eigenvalue weighted by atomic mass is 10.2. The van der Waals surface area contributed by atoms with Crippen molar-refractivity contribution >= 4 is 44.2 Å². The number of carbonyl (C=O) groups excluding carboxylic acids is 2. The lowest BCUT2D eigenvalue weighted by Crippen LogP contribution is -2.13. The summed E-state index contributed by atoms with van der Waals surface area (Å²) in [5.41, 5.74) is 1.79. The number of aromatic nitrogens is 1. The van der Waals surface area contributed by atoms with E-state index in [-0.39, 0.29) is 11.8 Å². The van der Waals surface area contributed by atoms with Crippen molar-refractivity contribution in [1.29, 1.82) is 0 Å². The molecular formula is C17H15N3O3S. The third-order valence-corrected chi connectivity index (χ3v) is 4.23. The van der Waals surface area contributed by atoms with E-state index in [4.69, 9.17) is 4.74 Å². The van der Waals surface area contributed by atoms with Crippen LogP contribution < -0.4 is 15.4 Å². The minimum atomic E-state index is -0.260. The number of nitrogens with zero attached hydrogens (tertiary/aromatic N) is 1. The van der Waals surface area contributed by atoms with Gasteiger partial charge in [0, 0.05) is 12.6 Å². The van der Waals surface area contributed by atoms with Gasteiger partial charge in [0.1, 0.15) is 5.75 Å². The summed E-state index contributed by atoms with van der Waals surface area (Å²) < 4.78 is 6.13. The van der Waals surface area contributed by atoms with Crippen LogP contribution in [0.1, 0.15) is 17.3 Å². The topological polar surface area (TPSA) is 80.3 Å². The molecule has 2 N–H and O–H groups in total. The molecule has 0 aliphatic rings. The second kappa shape index (κ2) is 6.67. The Balaban J connectivity index is 1.84. The van der Waals surface area contributed by atoms with Gasteiger partial charge in [-0.1, -0.05) is 23.5 Å². The summed E-state index contributed by atoms with van der Waals surface area (Å²) >= 11 is 1.38. The van der Waals surface area contributed by atoms with Crippen LogP contribution in [-0.2, 0) is 4.79 Å². The first-order valence-corrected chi connectivity index (χ1v) is 8.01. The molecule has 0 fully saturated rings. The fourth-order valence-corrected chi connectivity index (χ4v) is 3.13. The van der Waals surface area contributed by atoms with E-state index >= 15 is 0 Å². The highest BCUT2D eigenvalue weighted by molar-refractivity contribution is 7.22. The average Bonchev–Trinajstić information content (AvgIpc) is 2.95. The molecule has 0 spiro atoms. The van der Waals surface area contributed by atoms with Crippen molar-refractivity contribution in [3.05, 3.63) is 48.0 Å². The number of ether oxygens (including phenoxy) is 1. The second-order valence-corrected chi connectivity index (χ2v) is 6.07. The number of thiazole rings is 1. The normalized spacial score (nSPS) is 10.4. The van der Waals surface area contributed by atoms with Crippen LogP contribution in [-0.4, -0.2) is 23.9 Å². The molecule has 0 atom stereocenters. The Hall–Kier alpha value is -2.93. The highest BCUT2D eigenvalue weighted by Crippen LogP contribution is 2.28. The predicted molar refractivity (Wildman–Crippen MR) is 94.9 cm³/mol. The van der Waals surface area contributed by atoms with Crippen molar-refractivity contribution in [3.8, 4) is 5.75 Å². The summed E-state index contributed by atoms with van der Waals surface area (Å²) in [5, 5.41) is 6.03. The zero-order valence-electron chi connectivity index (χ0n) is 13.1. The van der Waals surface area contributed by atoms with Gasteiger partial charge in [-0.2, -0.15) is 0 Å². The van der Waals surface area contributed by atoms with Gasteiger partial charge in [0.25, 0.3) is 5.91 Å². The smallest absolute Gasteiger partial charge is 0.259 e. The number of para-hydroxylation sites is 1. The Morgan fingerprint density at radius 2 is 1.92 bits per heavy atom. The number of hydrogen-bond acceptors (Lipinski definition) is 5. The number of carbonyl (C=O) groups is 2. The van der Waals surface area contributed by atoms with Crippen molar-refractivity contribution in [3.63, 3.8) is 0 Å². The Labute approximate surface area is 142 Å². The molecule has 0 aliphatic heterocycles. The molecule has 0 saturated carbocycles. The first-order chi connectivity index (χ1) is 11.6. The number of methoxy groups -OCH3 is 1. The quantitative estimate of drug-likeness (QED) is 0.761. The van der Waals surface area contributed by atoms with E-state index in [9.17, 15) is 9.59 Å². The van der Waals surface area contributed by atoms with Gasteiger partial charge >= 0.3 is 0 Å². The summed E-state index contributed by atoms with van der Waals surface area (Å²) in [6.45, 7) is 1.44. The van der Waals surface area contributed by atoms with Crippen LogP contribution in [0.3, 0.4) is 0 Å². The maximum Gasteiger partial charge on any atom is 0.259 e. The molecule has 1 aromatic heterocycles. The number of anilines is 2. The summed E-state index contributed by atoms with van der Waals surface area (Å²) in [7, 11) is 1.52. The van der Waals surface area contributed by atoms with Crippen LogP contribution in [0.5, 0.6) is 5.75 Å². The molecule has 0 aliphatic carbocycles. The SMILES string of the molecule is COc1ccccc1C(=O)Nc1ccc2sc(NC(C)=O)nc2c1. The Bertz CT molecular complexity index is 920. The molecule has 2 amide bonds. The first kappa shape index (κ1) is 15.9. The van der Waals surface area contributed by atoms with Crippen molar-refractivity contribution in [2.75, 3.05) is 17.7 Å². The zero-order valence-corrected chi connectivity index (χ0v) is 13.9. The second-order valence-electron chi connectivity index (χ2n) is 5.04. The summed E-state index contributed by atoms with van der Waals surface area (Å²) in [6, 6.07) is 12.4. The molecule has 0 saturated heterocycles. The molecule has 0 radical (unpaired) electrons. The lowest BCUT2D eigenvalue weighted by molar-refractivity contribution is -0.114. The van der Waals surface area contributed by atoms with Gasteiger partial charge in [0.2, 0.25) is 5.91 Å². The number of benzene rings is 2. The van der Waals surface area contributed by atoms with Crippen LogP contribution >= 0.6 is 11.3 Å². The van der Waals surface area contributed by atoms with Crippen LogP contribution in [0.2, 0.25) is 0 Å². The van der Waals surface area contributed by atoms with E-state index in [1.165, 1.54) is 25.4 Å². The third-order valence-electron chi connectivity index (χ3n) is 3.28. The lowest BCUT2D eigenvalue weighted by Gasteiger charge is -2.09. The first-order valence-electron chi connectivity index (χ1n) is 7.19. The van der Waals surface area contributed by atoms with Crippen molar-refractivity contribution in [2.45, 2.75) is 6.92 Å². The molecule has 6 nitrogen and oxygen atoms in total. The van der Waals surface area contributed by atoms with Gasteiger partial charge in [0.05, 0.1) is 22.9 Å². The van der Waals surface area contributed by atoms with Crippen molar-refractivity contribution < 1.29 is 14.3 Å². The largest absolute Gasteiger partial charge is 0.496 e. The fraction of sp³-hybridized carbons (Fsp3) is 0.118. The molecule has 0 bridgehead atoms. The monoisotopic (exact) mass is 341 g/mol. The van der Waals surface area contributed by atoms with E-state index in [1.807, 2.05) is 6.07 Å². The highest BCUT2D eigenvalue weighted by Gasteiger charge is 2.12. The fourth-order valence-electron chi connectivity index (χ4n) is 2.24. The zero-order chi connectivity index (χ0) is 17.1. The molecule has 24 heavy (non-hydrogen) atoms. The molecule has 122 valence electrons. The molecular weight excluding hydrogens is 326 g/mol. The molecule has 7 heteroatoms. The standard InChI is InChI=1S/C17H15N3O3S/c1-10(21)18-17-20-13-9-11(7-8-15(13)24-17)19-16(22)12-5-3-4-6-14(12)23-2/h3-9H,1-2H3,(H,19,22)(H,18,20,21). The van der Waals surface area contributed by atoms with Gasteiger partial charge < -0.3 is 15.4 Å². The Kier molecular flexibility index (Phi) is 4.43. The van der Waals surface area contributed by atoms with Crippen LogP contribution in [0.15, 0.2) is 42.5 Å². The molecule has 3 aromatic rings. The molecule has 0 unspecified atom stereocenters. The van der Waals surface area contributed by atoms with Gasteiger partial charge in [0.15, 0.2) is 5.13 Å². The molecule has 2 aromatic carbocycles. The van der Waals surface area contributed by atoms with E-state index in [2.05, 4.69) is 15.6 Å². The predicted octanol–water partition coefficient (Wildman–Crippen LogP) is 3.52. The minimum absolute atomic E-state index is 0.168. The summed E-state index contributed by atoms with van der Waals surface area (Å²) in [6.07, 6.45) is 0. The van der Waals surface area contributed by atoms with Gasteiger partial charge in [-0.05, 0) is 30.3 Å². The number of rotatable bonds is 4. The molecule has 3 rings (SSSR count). The van der Waals surface area contributed by atoms with Crippen LogP contribution in [0.25, 0.3) is 10.2 Å². The van der Waals surface area contributed by atoms with E-state index in [0.29, 0.717) is 27.6 Å². The average molecular weight is 341 g/mol. The highest BCUT2D eigenvalue weighted by atomic mass is 32.1. The third kappa shape index (κ3) is 3.36. The van der Waals surface area contributed by atoms with Gasteiger partial charge in [-0.25, -0.2) is 4.98 Å². The van der Waals surface area contributed by atoms with E-state index in [1.54, 1.807) is 36.4 Å². The number of amides is 2. The van der Waals surface area contributed by atoms with E-state index < -0.39 is 0 Å². The van der Waals surface area contributed by atoms with Gasteiger partial charge in [-0.3, -0.25) is 9.59 Å². The summed E-state index contributed by atoms with van der Waals surface area (Å²) in [5.74, 6) is 0.0838. The Morgan fingerprint density at radius 3 is 2.67 bits per heavy atom. The number of nitrogens with one attached hydrogen (secondary N) is 2. The van der Waals surface area contributed by atoms with Gasteiger partial charge in [-0.15, -0.1) is 0 Å². The van der Waals surface area contributed by atoms with E-state index in [0.717, 1.165) is 4.70 Å². The van der Waals surface area contributed by atoms with Crippen LogP contribution in [0, 0.1) is 0 Å². The van der Waals surface area contributed by atoms with Crippen LogP contribution in [0.4, 0.5) is 10.8 Å². The number of fused-ring (bicyclic) bond motifs is 1. The maximum absolute atomic E-state index is 12.4.